The van der Waals surface area contributed by atoms with Crippen molar-refractivity contribution < 1.29 is 9.47 Å². The average Bonchev–Trinajstić information content (AvgIpc) is 2.45. The first kappa shape index (κ1) is 16.9. The van der Waals surface area contributed by atoms with Crippen molar-refractivity contribution in [3.05, 3.63) is 23.5 Å². The molecule has 0 aromatic carbocycles. The standard InChI is InChI=1S/C16H28N2O2/c1-4-6-10-19-11-12-20-16-8-7-14(3)18-15(16)13-17-9-5-2/h7-8,17H,4-6,9-13H2,1-3H3. The minimum atomic E-state index is 0.579. The normalized spacial score (nSPS) is 10.8. The van der Waals surface area contributed by atoms with E-state index in [4.69, 9.17) is 9.47 Å². The zero-order valence-electron chi connectivity index (χ0n) is 13.1. The van der Waals surface area contributed by atoms with Crippen LogP contribution in [0.15, 0.2) is 12.1 Å². The van der Waals surface area contributed by atoms with Crippen LogP contribution < -0.4 is 10.1 Å². The zero-order chi connectivity index (χ0) is 14.6. The van der Waals surface area contributed by atoms with Crippen molar-refractivity contribution in [1.29, 1.82) is 0 Å². The molecule has 1 N–H and O–H groups in total. The van der Waals surface area contributed by atoms with Gasteiger partial charge in [-0.1, -0.05) is 20.3 Å². The summed E-state index contributed by atoms with van der Waals surface area (Å²) >= 11 is 0. The van der Waals surface area contributed by atoms with Gasteiger partial charge in [-0.3, -0.25) is 4.98 Å². The molecule has 0 fully saturated rings. The number of hydrogen-bond acceptors (Lipinski definition) is 4. The highest BCUT2D eigenvalue weighted by atomic mass is 16.5. The molecule has 1 heterocycles. The molecule has 0 bridgehead atoms. The van der Waals surface area contributed by atoms with Crippen LogP contribution in [0.4, 0.5) is 0 Å². The Hall–Kier alpha value is -1.13. The number of rotatable bonds is 11. The molecule has 4 heteroatoms. The molecular weight excluding hydrogens is 252 g/mol. The fraction of sp³-hybridized carbons (Fsp3) is 0.688. The first-order chi connectivity index (χ1) is 9.77. The van der Waals surface area contributed by atoms with Crippen molar-refractivity contribution in [3.63, 3.8) is 0 Å². The van der Waals surface area contributed by atoms with E-state index < -0.39 is 0 Å². The summed E-state index contributed by atoms with van der Waals surface area (Å²) in [6, 6.07) is 3.98. The number of nitrogens with zero attached hydrogens (tertiary/aromatic N) is 1. The summed E-state index contributed by atoms with van der Waals surface area (Å²) in [5.41, 5.74) is 2.00. The van der Waals surface area contributed by atoms with E-state index in [0.29, 0.717) is 13.2 Å². The number of aromatic nitrogens is 1. The Morgan fingerprint density at radius 2 is 1.95 bits per heavy atom. The molecule has 0 atom stereocenters. The van der Waals surface area contributed by atoms with E-state index in [1.807, 2.05) is 19.1 Å². The highest BCUT2D eigenvalue weighted by molar-refractivity contribution is 5.29. The van der Waals surface area contributed by atoms with E-state index in [-0.39, 0.29) is 0 Å². The van der Waals surface area contributed by atoms with Gasteiger partial charge in [-0.2, -0.15) is 0 Å². The molecule has 1 rings (SSSR count). The highest BCUT2D eigenvalue weighted by Gasteiger charge is 2.05. The predicted octanol–water partition coefficient (Wildman–Crippen LogP) is 3.09. The molecule has 0 amide bonds. The number of aryl methyl sites for hydroxylation is 1. The lowest BCUT2D eigenvalue weighted by atomic mass is 10.2. The van der Waals surface area contributed by atoms with Crippen LogP contribution in [0.2, 0.25) is 0 Å². The quantitative estimate of drug-likeness (QED) is 0.633. The molecule has 0 aliphatic rings. The van der Waals surface area contributed by atoms with Crippen molar-refractivity contribution in [2.75, 3.05) is 26.4 Å². The molecule has 0 aliphatic heterocycles. The Morgan fingerprint density at radius 1 is 1.10 bits per heavy atom. The van der Waals surface area contributed by atoms with Gasteiger partial charge in [-0.15, -0.1) is 0 Å². The molecule has 1 aromatic rings. The Kier molecular flexibility index (Phi) is 9.00. The van der Waals surface area contributed by atoms with Crippen LogP contribution in [0, 0.1) is 6.92 Å². The maximum absolute atomic E-state index is 5.78. The number of ether oxygens (including phenoxy) is 2. The molecule has 0 spiro atoms. The maximum Gasteiger partial charge on any atom is 0.142 e. The summed E-state index contributed by atoms with van der Waals surface area (Å²) in [5.74, 6) is 0.860. The third-order valence-electron chi connectivity index (χ3n) is 2.92. The van der Waals surface area contributed by atoms with Crippen LogP contribution in [0.3, 0.4) is 0 Å². The van der Waals surface area contributed by atoms with Gasteiger partial charge in [0, 0.05) is 18.8 Å². The molecule has 0 aliphatic carbocycles. The number of pyridine rings is 1. The second-order valence-electron chi connectivity index (χ2n) is 4.89. The molecule has 0 unspecified atom stereocenters. The summed E-state index contributed by atoms with van der Waals surface area (Å²) in [6.07, 6.45) is 3.39. The largest absolute Gasteiger partial charge is 0.489 e. The summed E-state index contributed by atoms with van der Waals surface area (Å²) in [7, 11) is 0. The van der Waals surface area contributed by atoms with Crippen molar-refractivity contribution in [1.82, 2.24) is 10.3 Å². The molecule has 4 nitrogen and oxygen atoms in total. The summed E-state index contributed by atoms with van der Waals surface area (Å²) < 4.78 is 11.3. The Morgan fingerprint density at radius 3 is 2.70 bits per heavy atom. The molecule has 0 saturated heterocycles. The average molecular weight is 280 g/mol. The van der Waals surface area contributed by atoms with Crippen LogP contribution in [0.1, 0.15) is 44.5 Å². The minimum Gasteiger partial charge on any atom is -0.489 e. The molecule has 0 saturated carbocycles. The highest BCUT2D eigenvalue weighted by Crippen LogP contribution is 2.16. The Labute approximate surface area is 122 Å². The Bertz CT molecular complexity index is 369. The van der Waals surface area contributed by atoms with Gasteiger partial charge in [-0.05, 0) is 38.4 Å². The van der Waals surface area contributed by atoms with Gasteiger partial charge < -0.3 is 14.8 Å². The van der Waals surface area contributed by atoms with Crippen molar-refractivity contribution in [3.8, 4) is 5.75 Å². The van der Waals surface area contributed by atoms with Crippen LogP contribution >= 0.6 is 0 Å². The first-order valence-electron chi connectivity index (χ1n) is 7.65. The number of nitrogens with one attached hydrogen (secondary N) is 1. The van der Waals surface area contributed by atoms with Gasteiger partial charge in [0.05, 0.1) is 12.3 Å². The van der Waals surface area contributed by atoms with E-state index in [0.717, 1.165) is 56.1 Å². The first-order valence-corrected chi connectivity index (χ1v) is 7.65. The fourth-order valence-corrected chi connectivity index (χ4v) is 1.80. The SMILES string of the molecule is CCCCOCCOc1ccc(C)nc1CNCCC. The second kappa shape index (κ2) is 10.6. The van der Waals surface area contributed by atoms with Gasteiger partial charge in [0.2, 0.25) is 0 Å². The molecule has 114 valence electrons. The van der Waals surface area contributed by atoms with E-state index in [9.17, 15) is 0 Å². The van der Waals surface area contributed by atoms with Crippen LogP contribution in [0.5, 0.6) is 5.75 Å². The van der Waals surface area contributed by atoms with E-state index in [1.54, 1.807) is 0 Å². The van der Waals surface area contributed by atoms with Crippen molar-refractivity contribution >= 4 is 0 Å². The van der Waals surface area contributed by atoms with Gasteiger partial charge in [0.15, 0.2) is 0 Å². The number of hydrogen-bond donors (Lipinski definition) is 1. The molecule has 20 heavy (non-hydrogen) atoms. The third-order valence-corrected chi connectivity index (χ3v) is 2.92. The zero-order valence-corrected chi connectivity index (χ0v) is 13.1. The van der Waals surface area contributed by atoms with Crippen LogP contribution in [-0.4, -0.2) is 31.3 Å². The lowest BCUT2D eigenvalue weighted by Crippen LogP contribution is -2.17. The van der Waals surface area contributed by atoms with Gasteiger partial charge >= 0.3 is 0 Å². The van der Waals surface area contributed by atoms with Gasteiger partial charge in [-0.25, -0.2) is 0 Å². The fourth-order valence-electron chi connectivity index (χ4n) is 1.80. The van der Waals surface area contributed by atoms with Crippen LogP contribution in [-0.2, 0) is 11.3 Å². The minimum absolute atomic E-state index is 0.579. The van der Waals surface area contributed by atoms with Crippen LogP contribution in [0.25, 0.3) is 0 Å². The second-order valence-corrected chi connectivity index (χ2v) is 4.89. The maximum atomic E-state index is 5.78. The van der Waals surface area contributed by atoms with Gasteiger partial charge in [0.1, 0.15) is 12.4 Å². The van der Waals surface area contributed by atoms with E-state index in [1.165, 1.54) is 0 Å². The lowest BCUT2D eigenvalue weighted by Gasteiger charge is -2.12. The van der Waals surface area contributed by atoms with Crippen molar-refractivity contribution in [2.24, 2.45) is 0 Å². The van der Waals surface area contributed by atoms with E-state index in [2.05, 4.69) is 24.1 Å². The molecular formula is C16H28N2O2. The monoisotopic (exact) mass is 280 g/mol. The van der Waals surface area contributed by atoms with E-state index >= 15 is 0 Å². The smallest absolute Gasteiger partial charge is 0.142 e. The summed E-state index contributed by atoms with van der Waals surface area (Å²) in [5, 5.41) is 3.36. The number of unbranched alkanes of at least 4 members (excludes halogenated alkanes) is 1. The topological polar surface area (TPSA) is 43.4 Å². The van der Waals surface area contributed by atoms with Gasteiger partial charge in [0.25, 0.3) is 0 Å². The van der Waals surface area contributed by atoms with Crippen molar-refractivity contribution in [2.45, 2.75) is 46.6 Å². The summed E-state index contributed by atoms with van der Waals surface area (Å²) in [6.45, 7) is 10.1. The molecule has 0 radical (unpaired) electrons. The third kappa shape index (κ3) is 6.87. The lowest BCUT2D eigenvalue weighted by molar-refractivity contribution is 0.0975. The predicted molar refractivity (Wildman–Crippen MR) is 82.2 cm³/mol. The summed E-state index contributed by atoms with van der Waals surface area (Å²) in [4.78, 5) is 4.54. The molecule has 1 aromatic heterocycles. The Balaban J connectivity index is 2.38.